The number of aliphatic hydroxyl groups excluding tert-OH is 1. The largest absolute Gasteiger partial charge is 0.481 e. The number of nitrogens with one attached hydrogen (secondary N) is 1. The molecule has 38 heavy (non-hydrogen) atoms. The topological polar surface area (TPSA) is 78.8 Å². The van der Waals surface area contributed by atoms with Gasteiger partial charge in [-0.15, -0.1) is 0 Å². The summed E-state index contributed by atoms with van der Waals surface area (Å²) in [6.45, 7) is 6.89. The number of carboxylic acids is 1. The molecule has 4 aromatic carbocycles. The highest BCUT2D eigenvalue weighted by molar-refractivity contribution is 5.83. The molecule has 0 aliphatic rings. The molecule has 0 aliphatic heterocycles. The van der Waals surface area contributed by atoms with Crippen LogP contribution in [-0.2, 0) is 22.4 Å². The number of carbonyl (C=O) groups is 1. The number of aliphatic hydroxyl groups is 1. The van der Waals surface area contributed by atoms with E-state index < -0.39 is 12.1 Å². The lowest BCUT2D eigenvalue weighted by molar-refractivity contribution is -0.136. The van der Waals surface area contributed by atoms with E-state index in [1.54, 1.807) is 0 Å². The summed E-state index contributed by atoms with van der Waals surface area (Å²) in [4.78, 5) is 11.1. The Balaban J connectivity index is 1.33. The molecule has 0 heterocycles. The molecular formula is C33H37NO4. The number of hydrogen-bond donors (Lipinski definition) is 3. The molecule has 3 N–H and O–H groups in total. The highest BCUT2D eigenvalue weighted by Gasteiger charge is 2.21. The first kappa shape index (κ1) is 27.5. The molecular weight excluding hydrogens is 474 g/mol. The second-order valence-corrected chi connectivity index (χ2v) is 10.6. The van der Waals surface area contributed by atoms with Crippen LogP contribution in [-0.4, -0.2) is 41.0 Å². The van der Waals surface area contributed by atoms with Crippen LogP contribution in [0.2, 0.25) is 0 Å². The molecule has 0 aromatic heterocycles. The first-order valence-corrected chi connectivity index (χ1v) is 13.1. The van der Waals surface area contributed by atoms with Crippen molar-refractivity contribution in [2.75, 3.05) is 13.2 Å². The fourth-order valence-corrected chi connectivity index (χ4v) is 4.86. The Morgan fingerprint density at radius 1 is 0.895 bits per heavy atom. The second-order valence-electron chi connectivity index (χ2n) is 10.6. The van der Waals surface area contributed by atoms with Crippen molar-refractivity contribution in [3.05, 3.63) is 108 Å². The van der Waals surface area contributed by atoms with Crippen LogP contribution in [0.1, 0.15) is 43.6 Å². The van der Waals surface area contributed by atoms with Crippen LogP contribution < -0.4 is 5.32 Å². The highest BCUT2D eigenvalue weighted by Crippen LogP contribution is 2.30. The van der Waals surface area contributed by atoms with Crippen LogP contribution in [0.15, 0.2) is 91.0 Å². The van der Waals surface area contributed by atoms with E-state index in [9.17, 15) is 9.90 Å². The van der Waals surface area contributed by atoms with Crippen molar-refractivity contribution >= 4 is 16.7 Å². The Hall–Kier alpha value is -3.51. The van der Waals surface area contributed by atoms with E-state index in [2.05, 4.69) is 61.6 Å². The molecule has 0 saturated carbocycles. The van der Waals surface area contributed by atoms with E-state index in [0.717, 1.165) is 28.7 Å². The smallest absolute Gasteiger partial charge is 0.307 e. The molecule has 0 aliphatic carbocycles. The van der Waals surface area contributed by atoms with Crippen LogP contribution >= 0.6 is 0 Å². The number of carboxylic acid groups (broad SMARTS) is 1. The van der Waals surface area contributed by atoms with Gasteiger partial charge in [0.1, 0.15) is 0 Å². The van der Waals surface area contributed by atoms with E-state index in [-0.39, 0.29) is 24.7 Å². The van der Waals surface area contributed by atoms with Crippen molar-refractivity contribution in [3.63, 3.8) is 0 Å². The molecule has 2 unspecified atom stereocenters. The van der Waals surface area contributed by atoms with Gasteiger partial charge in [-0.1, -0.05) is 91.0 Å². The molecule has 5 heteroatoms. The van der Waals surface area contributed by atoms with Gasteiger partial charge < -0.3 is 20.3 Å². The summed E-state index contributed by atoms with van der Waals surface area (Å²) in [5, 5.41) is 25.8. The van der Waals surface area contributed by atoms with Gasteiger partial charge in [0.15, 0.2) is 0 Å². The maximum absolute atomic E-state index is 11.1. The summed E-state index contributed by atoms with van der Waals surface area (Å²) < 4.78 is 6.09. The summed E-state index contributed by atoms with van der Waals surface area (Å²) in [5.74, 6) is -0.852. The van der Waals surface area contributed by atoms with Gasteiger partial charge in [-0.25, -0.2) is 0 Å². The zero-order valence-electron chi connectivity index (χ0n) is 22.4. The first-order chi connectivity index (χ1) is 18.2. The number of benzene rings is 4. The molecule has 4 aromatic rings. The summed E-state index contributed by atoms with van der Waals surface area (Å²) in [6.07, 6.45) is -0.0665. The molecule has 0 saturated heterocycles. The number of β-amino-alcohol motifs (C(OH)–C–C–N with tert-alkyl or cyclic N) is 1. The van der Waals surface area contributed by atoms with Gasteiger partial charge in [-0.3, -0.25) is 4.79 Å². The van der Waals surface area contributed by atoms with Crippen molar-refractivity contribution < 1.29 is 19.7 Å². The lowest BCUT2D eigenvalue weighted by Gasteiger charge is -2.28. The normalized spacial score (nSPS) is 13.4. The molecule has 0 bridgehead atoms. The summed E-state index contributed by atoms with van der Waals surface area (Å²) in [7, 11) is 0. The minimum absolute atomic E-state index is 0.0154. The van der Waals surface area contributed by atoms with E-state index in [4.69, 9.17) is 9.84 Å². The van der Waals surface area contributed by atoms with Gasteiger partial charge in [0.2, 0.25) is 0 Å². The summed E-state index contributed by atoms with van der Waals surface area (Å²) in [5.41, 5.74) is 4.76. The molecule has 198 valence electrons. The van der Waals surface area contributed by atoms with Crippen LogP contribution in [0.25, 0.3) is 21.9 Å². The second kappa shape index (κ2) is 12.4. The van der Waals surface area contributed by atoms with Crippen LogP contribution in [0, 0.1) is 0 Å². The monoisotopic (exact) mass is 511 g/mol. The van der Waals surface area contributed by atoms with Crippen molar-refractivity contribution in [3.8, 4) is 11.1 Å². The summed E-state index contributed by atoms with van der Waals surface area (Å²) in [6, 6.07) is 30.5. The maximum atomic E-state index is 11.1. The molecule has 0 spiro atoms. The lowest BCUT2D eigenvalue weighted by atomic mass is 9.93. The predicted molar refractivity (Wildman–Crippen MR) is 153 cm³/mol. The zero-order chi connectivity index (χ0) is 27.1. The third-order valence-corrected chi connectivity index (χ3v) is 6.81. The van der Waals surface area contributed by atoms with E-state index in [0.29, 0.717) is 6.54 Å². The van der Waals surface area contributed by atoms with E-state index >= 15 is 0 Å². The number of aliphatic carboxylic acids is 1. The van der Waals surface area contributed by atoms with Gasteiger partial charge in [0.25, 0.3) is 0 Å². The van der Waals surface area contributed by atoms with Crippen LogP contribution in [0.4, 0.5) is 0 Å². The lowest BCUT2D eigenvalue weighted by Crippen LogP contribution is -2.46. The Bertz CT molecular complexity index is 1380. The highest BCUT2D eigenvalue weighted by atomic mass is 16.5. The SMILES string of the molecule is CC(OCC(O)CNC(C)(C)Cc1ccc2ccccc2c1)c1ccccc1-c1cccc(CC(=O)O)c1. The standard InChI is InChI=1S/C33H37NO4/c1-23(30-13-6-7-14-31(30)28-12-8-9-24(17-28)19-32(36)37)38-22-29(35)21-34-33(2,3)20-25-15-16-26-10-4-5-11-27(26)18-25/h4-18,23,29,34-35H,19-22H2,1-3H3,(H,36,37). The van der Waals surface area contributed by atoms with E-state index in [1.807, 2.05) is 55.5 Å². The molecule has 2 atom stereocenters. The Morgan fingerprint density at radius 2 is 1.63 bits per heavy atom. The Labute approximate surface area is 225 Å². The molecule has 0 radical (unpaired) electrons. The Morgan fingerprint density at radius 3 is 2.42 bits per heavy atom. The predicted octanol–water partition coefficient (Wildman–Crippen LogP) is 6.18. The fourth-order valence-electron chi connectivity index (χ4n) is 4.86. The number of hydrogen-bond acceptors (Lipinski definition) is 4. The molecule has 0 fully saturated rings. The fraction of sp³-hybridized carbons (Fsp3) is 0.303. The first-order valence-electron chi connectivity index (χ1n) is 13.1. The average molecular weight is 512 g/mol. The van der Waals surface area contributed by atoms with Gasteiger partial charge in [-0.05, 0) is 65.8 Å². The zero-order valence-corrected chi connectivity index (χ0v) is 22.4. The van der Waals surface area contributed by atoms with Crippen LogP contribution in [0.5, 0.6) is 0 Å². The minimum atomic E-state index is -0.852. The Kier molecular flexibility index (Phi) is 8.95. The number of fused-ring (bicyclic) bond motifs is 1. The van der Waals surface area contributed by atoms with Crippen molar-refractivity contribution in [1.29, 1.82) is 0 Å². The van der Waals surface area contributed by atoms with Crippen LogP contribution in [0.3, 0.4) is 0 Å². The van der Waals surface area contributed by atoms with Crippen molar-refractivity contribution in [2.45, 2.75) is 51.4 Å². The van der Waals surface area contributed by atoms with Gasteiger partial charge in [0.05, 0.1) is 25.2 Å². The molecule has 0 amide bonds. The van der Waals surface area contributed by atoms with Gasteiger partial charge in [-0.2, -0.15) is 0 Å². The quantitative estimate of drug-likeness (QED) is 0.212. The minimum Gasteiger partial charge on any atom is -0.481 e. The average Bonchev–Trinajstić information content (AvgIpc) is 2.90. The van der Waals surface area contributed by atoms with Crippen molar-refractivity contribution in [1.82, 2.24) is 5.32 Å². The number of ether oxygens (including phenoxy) is 1. The maximum Gasteiger partial charge on any atom is 0.307 e. The molecule has 5 nitrogen and oxygen atoms in total. The van der Waals surface area contributed by atoms with Gasteiger partial charge >= 0.3 is 5.97 Å². The van der Waals surface area contributed by atoms with Crippen molar-refractivity contribution in [2.24, 2.45) is 0 Å². The molecule has 4 rings (SSSR count). The van der Waals surface area contributed by atoms with Gasteiger partial charge in [0, 0.05) is 12.1 Å². The third-order valence-electron chi connectivity index (χ3n) is 6.81. The summed E-state index contributed by atoms with van der Waals surface area (Å²) >= 11 is 0. The van der Waals surface area contributed by atoms with E-state index in [1.165, 1.54) is 16.3 Å². The third kappa shape index (κ3) is 7.51. The number of rotatable bonds is 12.